The van der Waals surface area contributed by atoms with E-state index >= 15 is 0 Å². The second-order valence-corrected chi connectivity index (χ2v) is 3.92. The SMILES string of the molecule is COc1c(F)c(C=O)c(F)c2c(F)c(F)c(C=O)c(F)c12. The van der Waals surface area contributed by atoms with Crippen molar-refractivity contribution in [3.05, 3.63) is 40.2 Å². The Hall–Kier alpha value is -2.51. The van der Waals surface area contributed by atoms with Crippen LogP contribution in [0, 0.1) is 29.1 Å². The summed E-state index contributed by atoms with van der Waals surface area (Å²) in [5.41, 5.74) is -2.58. The van der Waals surface area contributed by atoms with Gasteiger partial charge in [-0.25, -0.2) is 22.0 Å². The van der Waals surface area contributed by atoms with Crippen molar-refractivity contribution in [2.45, 2.75) is 0 Å². The molecule has 0 aliphatic rings. The molecule has 0 bridgehead atoms. The number of rotatable bonds is 3. The number of carbonyl (C=O) groups excluding carboxylic acids is 2. The molecule has 2 aromatic rings. The Morgan fingerprint density at radius 1 is 0.714 bits per heavy atom. The van der Waals surface area contributed by atoms with Gasteiger partial charge in [0.2, 0.25) is 0 Å². The van der Waals surface area contributed by atoms with Gasteiger partial charge < -0.3 is 4.74 Å². The lowest BCUT2D eigenvalue weighted by Gasteiger charge is -2.13. The third kappa shape index (κ3) is 1.86. The fourth-order valence-electron chi connectivity index (χ4n) is 1.96. The zero-order valence-electron chi connectivity index (χ0n) is 10.3. The summed E-state index contributed by atoms with van der Waals surface area (Å²) in [7, 11) is 0.853. The summed E-state index contributed by atoms with van der Waals surface area (Å²) in [6.45, 7) is 0. The molecular formula is C13H5F5O3. The first-order valence-corrected chi connectivity index (χ1v) is 5.36. The third-order valence-electron chi connectivity index (χ3n) is 2.91. The molecule has 0 atom stereocenters. The number of fused-ring (bicyclic) bond motifs is 1. The molecule has 0 unspecified atom stereocenters. The maximum atomic E-state index is 14.0. The largest absolute Gasteiger partial charge is 0.493 e. The van der Waals surface area contributed by atoms with Crippen LogP contribution in [0.4, 0.5) is 22.0 Å². The highest BCUT2D eigenvalue weighted by atomic mass is 19.2. The topological polar surface area (TPSA) is 43.4 Å². The summed E-state index contributed by atoms with van der Waals surface area (Å²) in [5, 5.41) is -2.41. The minimum Gasteiger partial charge on any atom is -0.493 e. The van der Waals surface area contributed by atoms with E-state index in [1.165, 1.54) is 0 Å². The first-order chi connectivity index (χ1) is 9.90. The first kappa shape index (κ1) is 14.9. The van der Waals surface area contributed by atoms with E-state index < -0.39 is 56.7 Å². The van der Waals surface area contributed by atoms with Gasteiger partial charge in [-0.1, -0.05) is 0 Å². The fraction of sp³-hybridized carbons (Fsp3) is 0.0769. The normalized spacial score (nSPS) is 10.8. The van der Waals surface area contributed by atoms with E-state index in [1.54, 1.807) is 0 Å². The Morgan fingerprint density at radius 3 is 1.67 bits per heavy atom. The number of ether oxygens (including phenoxy) is 1. The van der Waals surface area contributed by atoms with Crippen molar-refractivity contribution in [1.29, 1.82) is 0 Å². The highest BCUT2D eigenvalue weighted by Crippen LogP contribution is 2.38. The number of carbonyl (C=O) groups is 2. The highest BCUT2D eigenvalue weighted by molar-refractivity contribution is 5.98. The maximum absolute atomic E-state index is 14.0. The molecule has 0 saturated carbocycles. The lowest BCUT2D eigenvalue weighted by Crippen LogP contribution is -2.07. The van der Waals surface area contributed by atoms with Crippen LogP contribution in [-0.2, 0) is 0 Å². The molecule has 0 N–H and O–H groups in total. The Morgan fingerprint density at radius 2 is 1.19 bits per heavy atom. The number of halogens is 5. The molecule has 0 spiro atoms. The minimum absolute atomic E-state index is 0.282. The third-order valence-corrected chi connectivity index (χ3v) is 2.91. The minimum atomic E-state index is -1.94. The molecule has 110 valence electrons. The monoisotopic (exact) mass is 304 g/mol. The molecule has 0 aliphatic heterocycles. The molecule has 0 heterocycles. The zero-order valence-corrected chi connectivity index (χ0v) is 10.3. The van der Waals surface area contributed by atoms with Crippen molar-refractivity contribution < 1.29 is 36.3 Å². The molecule has 21 heavy (non-hydrogen) atoms. The Balaban J connectivity index is 3.24. The highest BCUT2D eigenvalue weighted by Gasteiger charge is 2.30. The van der Waals surface area contributed by atoms with Gasteiger partial charge in [-0.3, -0.25) is 9.59 Å². The molecule has 0 radical (unpaired) electrons. The van der Waals surface area contributed by atoms with Crippen LogP contribution in [0.3, 0.4) is 0 Å². The number of methoxy groups -OCH3 is 1. The van der Waals surface area contributed by atoms with Crippen molar-refractivity contribution in [3.8, 4) is 5.75 Å². The molecule has 0 fully saturated rings. The lowest BCUT2D eigenvalue weighted by molar-refractivity contribution is 0.110. The number of hydrogen-bond acceptors (Lipinski definition) is 3. The molecule has 2 aromatic carbocycles. The molecule has 0 amide bonds. The summed E-state index contributed by atoms with van der Waals surface area (Å²) < 4.78 is 73.6. The van der Waals surface area contributed by atoms with E-state index in [0.717, 1.165) is 7.11 Å². The van der Waals surface area contributed by atoms with Gasteiger partial charge in [0.15, 0.2) is 35.8 Å². The van der Waals surface area contributed by atoms with Crippen LogP contribution in [0.25, 0.3) is 10.8 Å². The summed E-state index contributed by atoms with van der Waals surface area (Å²) in [4.78, 5) is 21.3. The fourth-order valence-corrected chi connectivity index (χ4v) is 1.96. The van der Waals surface area contributed by atoms with Gasteiger partial charge in [-0.05, 0) is 0 Å². The van der Waals surface area contributed by atoms with Gasteiger partial charge in [0, 0.05) is 0 Å². The lowest BCUT2D eigenvalue weighted by atomic mass is 10.00. The van der Waals surface area contributed by atoms with E-state index in [4.69, 9.17) is 0 Å². The average Bonchev–Trinajstić information content (AvgIpc) is 2.45. The maximum Gasteiger partial charge on any atom is 0.179 e. The second-order valence-electron chi connectivity index (χ2n) is 3.92. The smallest absolute Gasteiger partial charge is 0.179 e. The van der Waals surface area contributed by atoms with Crippen LogP contribution in [0.1, 0.15) is 20.7 Å². The van der Waals surface area contributed by atoms with Gasteiger partial charge >= 0.3 is 0 Å². The summed E-state index contributed by atoms with van der Waals surface area (Å²) in [6.07, 6.45) is -0.619. The molecule has 0 aliphatic carbocycles. The number of aldehydes is 2. The van der Waals surface area contributed by atoms with Crippen LogP contribution in [0.15, 0.2) is 0 Å². The van der Waals surface area contributed by atoms with Crippen LogP contribution in [0.2, 0.25) is 0 Å². The van der Waals surface area contributed by atoms with E-state index in [0.29, 0.717) is 0 Å². The second kappa shape index (κ2) is 5.12. The zero-order chi connectivity index (χ0) is 15.9. The molecule has 0 saturated heterocycles. The van der Waals surface area contributed by atoms with Crippen LogP contribution < -0.4 is 4.74 Å². The summed E-state index contributed by atoms with van der Waals surface area (Å²) in [6, 6.07) is 0. The van der Waals surface area contributed by atoms with E-state index in [-0.39, 0.29) is 12.6 Å². The van der Waals surface area contributed by atoms with Crippen molar-refractivity contribution in [3.63, 3.8) is 0 Å². The van der Waals surface area contributed by atoms with Gasteiger partial charge in [0.1, 0.15) is 11.6 Å². The Labute approximate surface area is 113 Å². The predicted molar refractivity (Wildman–Crippen MR) is 61.1 cm³/mol. The van der Waals surface area contributed by atoms with E-state index in [1.807, 2.05) is 0 Å². The van der Waals surface area contributed by atoms with E-state index in [9.17, 15) is 31.5 Å². The van der Waals surface area contributed by atoms with Crippen LogP contribution in [0.5, 0.6) is 5.75 Å². The summed E-state index contributed by atoms with van der Waals surface area (Å²) >= 11 is 0. The van der Waals surface area contributed by atoms with Gasteiger partial charge in [0.05, 0.1) is 29.0 Å². The van der Waals surface area contributed by atoms with Crippen LogP contribution >= 0.6 is 0 Å². The van der Waals surface area contributed by atoms with Crippen molar-refractivity contribution in [2.75, 3.05) is 7.11 Å². The van der Waals surface area contributed by atoms with Crippen LogP contribution in [-0.4, -0.2) is 19.7 Å². The molecule has 0 aromatic heterocycles. The molecule has 3 nitrogen and oxygen atoms in total. The summed E-state index contributed by atoms with van der Waals surface area (Å²) in [5.74, 6) is -9.93. The number of hydrogen-bond donors (Lipinski definition) is 0. The van der Waals surface area contributed by atoms with E-state index in [2.05, 4.69) is 4.74 Å². The molecule has 2 rings (SSSR count). The molecule has 8 heteroatoms. The quantitative estimate of drug-likeness (QED) is 0.497. The van der Waals surface area contributed by atoms with Crippen molar-refractivity contribution in [1.82, 2.24) is 0 Å². The van der Waals surface area contributed by atoms with Crippen molar-refractivity contribution in [2.24, 2.45) is 0 Å². The average molecular weight is 304 g/mol. The Bertz CT molecular complexity index is 786. The first-order valence-electron chi connectivity index (χ1n) is 5.36. The number of benzene rings is 2. The standard InChI is InChI=1S/C13H5F5O3/c1-21-13-7-6(8(14)5(3-20)11(13)17)12(18)10(16)4(2-19)9(7)15/h2-3H,1H3. The van der Waals surface area contributed by atoms with Crippen molar-refractivity contribution >= 4 is 23.3 Å². The molecular weight excluding hydrogens is 299 g/mol. The predicted octanol–water partition coefficient (Wildman–Crippen LogP) is 3.17. The Kier molecular flexibility index (Phi) is 3.63. The van der Waals surface area contributed by atoms with Gasteiger partial charge in [-0.15, -0.1) is 0 Å². The van der Waals surface area contributed by atoms with Gasteiger partial charge in [-0.2, -0.15) is 0 Å². The van der Waals surface area contributed by atoms with Gasteiger partial charge in [0.25, 0.3) is 0 Å².